The van der Waals surface area contributed by atoms with Gasteiger partial charge < -0.3 is 9.84 Å². The molecule has 4 nitrogen and oxygen atoms in total. The zero-order valence-corrected chi connectivity index (χ0v) is 12.1. The molecule has 5 heteroatoms. The van der Waals surface area contributed by atoms with Crippen LogP contribution in [-0.4, -0.2) is 19.8 Å². The smallest absolute Gasteiger partial charge is 0.175 e. The summed E-state index contributed by atoms with van der Waals surface area (Å²) in [5.41, 5.74) is 0.680. The first kappa shape index (κ1) is 14.6. The fourth-order valence-electron chi connectivity index (χ4n) is 1.80. The molecule has 2 rings (SSSR count). The predicted octanol–water partition coefficient (Wildman–Crippen LogP) is 2.94. The molecule has 0 aliphatic rings. The number of benzene rings is 2. The molecule has 0 aliphatic carbocycles. The van der Waals surface area contributed by atoms with Crippen LogP contribution < -0.4 is 4.74 Å². The van der Waals surface area contributed by atoms with Gasteiger partial charge in [-0.05, 0) is 37.3 Å². The highest BCUT2D eigenvalue weighted by atomic mass is 32.2. The van der Waals surface area contributed by atoms with E-state index in [4.69, 9.17) is 4.74 Å². The van der Waals surface area contributed by atoms with E-state index >= 15 is 0 Å². The highest BCUT2D eigenvalue weighted by Gasteiger charge is 2.10. The monoisotopic (exact) mass is 292 g/mol. The highest BCUT2D eigenvalue weighted by molar-refractivity contribution is 7.90. The number of aliphatic hydroxyl groups is 1. The molecular formula is C15H16O4S. The zero-order chi connectivity index (χ0) is 14.8. The van der Waals surface area contributed by atoms with Crippen LogP contribution in [-0.2, 0) is 9.84 Å². The molecule has 1 N–H and O–H groups in total. The van der Waals surface area contributed by atoms with Crippen molar-refractivity contribution in [3.05, 3.63) is 54.1 Å². The fourth-order valence-corrected chi connectivity index (χ4v) is 2.43. The lowest BCUT2D eigenvalue weighted by molar-refractivity contribution is 0.195. The van der Waals surface area contributed by atoms with Gasteiger partial charge in [0.05, 0.1) is 11.0 Å². The third-order valence-corrected chi connectivity index (χ3v) is 3.98. The maximum atomic E-state index is 11.4. The largest absolute Gasteiger partial charge is 0.457 e. The van der Waals surface area contributed by atoms with Crippen LogP contribution in [0.15, 0.2) is 53.4 Å². The Morgan fingerprint density at radius 1 is 1.05 bits per heavy atom. The molecule has 2 aromatic rings. The Morgan fingerprint density at radius 3 is 2.20 bits per heavy atom. The van der Waals surface area contributed by atoms with Crippen molar-refractivity contribution in [2.24, 2.45) is 0 Å². The SMILES string of the molecule is CC(O)c1ccccc1Oc1ccc(S(C)(=O)=O)cc1. The number of rotatable bonds is 4. The topological polar surface area (TPSA) is 63.6 Å². The van der Waals surface area contributed by atoms with E-state index in [-0.39, 0.29) is 4.90 Å². The summed E-state index contributed by atoms with van der Waals surface area (Å²) in [5.74, 6) is 1.07. The molecule has 0 amide bonds. The Balaban J connectivity index is 2.27. The molecule has 0 spiro atoms. The van der Waals surface area contributed by atoms with Crippen LogP contribution in [0.2, 0.25) is 0 Å². The first-order valence-electron chi connectivity index (χ1n) is 6.13. The molecule has 0 saturated carbocycles. The quantitative estimate of drug-likeness (QED) is 0.941. The van der Waals surface area contributed by atoms with Crippen LogP contribution >= 0.6 is 0 Å². The van der Waals surface area contributed by atoms with E-state index in [1.54, 1.807) is 31.2 Å². The normalized spacial score (nSPS) is 12.9. The third kappa shape index (κ3) is 3.37. The van der Waals surface area contributed by atoms with Gasteiger partial charge in [0.1, 0.15) is 11.5 Å². The molecule has 0 aliphatic heterocycles. The number of aliphatic hydroxyl groups excluding tert-OH is 1. The number of hydrogen-bond donors (Lipinski definition) is 1. The van der Waals surface area contributed by atoms with E-state index in [1.165, 1.54) is 12.1 Å². The standard InChI is InChI=1S/C15H16O4S/c1-11(16)14-5-3-4-6-15(14)19-12-7-9-13(10-8-12)20(2,17)18/h3-11,16H,1-2H3. The summed E-state index contributed by atoms with van der Waals surface area (Å²) in [6.07, 6.45) is 0.521. The molecule has 20 heavy (non-hydrogen) atoms. The first-order chi connectivity index (χ1) is 9.38. The van der Waals surface area contributed by atoms with E-state index in [0.29, 0.717) is 17.1 Å². The third-order valence-electron chi connectivity index (χ3n) is 2.85. The van der Waals surface area contributed by atoms with Crippen molar-refractivity contribution in [2.75, 3.05) is 6.26 Å². The summed E-state index contributed by atoms with van der Waals surface area (Å²) in [7, 11) is -3.21. The molecule has 0 aromatic heterocycles. The molecule has 0 fully saturated rings. The maximum absolute atomic E-state index is 11.4. The Morgan fingerprint density at radius 2 is 1.65 bits per heavy atom. The van der Waals surface area contributed by atoms with Crippen molar-refractivity contribution in [2.45, 2.75) is 17.9 Å². The van der Waals surface area contributed by atoms with Gasteiger partial charge in [0.2, 0.25) is 0 Å². The average Bonchev–Trinajstić information content (AvgIpc) is 2.38. The van der Waals surface area contributed by atoms with Crippen molar-refractivity contribution in [1.29, 1.82) is 0 Å². The second-order valence-electron chi connectivity index (χ2n) is 4.56. The maximum Gasteiger partial charge on any atom is 0.175 e. The Hall–Kier alpha value is -1.85. The van der Waals surface area contributed by atoms with Crippen LogP contribution in [0.3, 0.4) is 0 Å². The second kappa shape index (κ2) is 5.64. The summed E-state index contributed by atoms with van der Waals surface area (Å²) in [4.78, 5) is 0.244. The van der Waals surface area contributed by atoms with Gasteiger partial charge in [0.25, 0.3) is 0 Å². The fraction of sp³-hybridized carbons (Fsp3) is 0.200. The molecule has 1 atom stereocenters. The summed E-state index contributed by atoms with van der Waals surface area (Å²) in [6, 6.07) is 13.3. The minimum atomic E-state index is -3.21. The van der Waals surface area contributed by atoms with Gasteiger partial charge in [0.15, 0.2) is 9.84 Å². The summed E-state index contributed by atoms with van der Waals surface area (Å²) >= 11 is 0. The van der Waals surface area contributed by atoms with E-state index in [0.717, 1.165) is 6.26 Å². The van der Waals surface area contributed by atoms with E-state index < -0.39 is 15.9 Å². The number of sulfone groups is 1. The number of hydrogen-bond acceptors (Lipinski definition) is 4. The summed E-state index contributed by atoms with van der Waals surface area (Å²) < 4.78 is 28.4. The summed E-state index contributed by atoms with van der Waals surface area (Å²) in [6.45, 7) is 1.66. The second-order valence-corrected chi connectivity index (χ2v) is 6.58. The van der Waals surface area contributed by atoms with Crippen molar-refractivity contribution < 1.29 is 18.3 Å². The number of para-hydroxylation sites is 1. The van der Waals surface area contributed by atoms with Gasteiger partial charge in [-0.3, -0.25) is 0 Å². The molecule has 1 unspecified atom stereocenters. The lowest BCUT2D eigenvalue weighted by Gasteiger charge is -2.13. The molecular weight excluding hydrogens is 276 g/mol. The average molecular weight is 292 g/mol. The first-order valence-corrected chi connectivity index (χ1v) is 8.02. The zero-order valence-electron chi connectivity index (χ0n) is 11.3. The van der Waals surface area contributed by atoms with Crippen LogP contribution in [0.25, 0.3) is 0 Å². The van der Waals surface area contributed by atoms with Crippen LogP contribution in [0.5, 0.6) is 11.5 Å². The lowest BCUT2D eigenvalue weighted by atomic mass is 10.1. The molecule has 0 bridgehead atoms. The highest BCUT2D eigenvalue weighted by Crippen LogP contribution is 2.29. The van der Waals surface area contributed by atoms with E-state index in [2.05, 4.69) is 0 Å². The van der Waals surface area contributed by atoms with E-state index in [1.807, 2.05) is 12.1 Å². The van der Waals surface area contributed by atoms with Gasteiger partial charge in [-0.15, -0.1) is 0 Å². The van der Waals surface area contributed by atoms with Crippen molar-refractivity contribution >= 4 is 9.84 Å². The minimum Gasteiger partial charge on any atom is -0.457 e. The Bertz CT molecular complexity index is 688. The van der Waals surface area contributed by atoms with Crippen molar-refractivity contribution in [1.82, 2.24) is 0 Å². The van der Waals surface area contributed by atoms with Gasteiger partial charge in [-0.2, -0.15) is 0 Å². The summed E-state index contributed by atoms with van der Waals surface area (Å²) in [5, 5.41) is 9.67. The van der Waals surface area contributed by atoms with Crippen LogP contribution in [0.4, 0.5) is 0 Å². The molecule has 0 saturated heterocycles. The molecule has 106 valence electrons. The predicted molar refractivity (Wildman–Crippen MR) is 76.7 cm³/mol. The van der Waals surface area contributed by atoms with Crippen molar-refractivity contribution in [3.63, 3.8) is 0 Å². The van der Waals surface area contributed by atoms with Crippen LogP contribution in [0.1, 0.15) is 18.6 Å². The number of ether oxygens (including phenoxy) is 1. The van der Waals surface area contributed by atoms with Crippen molar-refractivity contribution in [3.8, 4) is 11.5 Å². The Kier molecular flexibility index (Phi) is 4.11. The molecule has 0 heterocycles. The van der Waals surface area contributed by atoms with Gasteiger partial charge in [-0.1, -0.05) is 18.2 Å². The molecule has 0 radical (unpaired) electrons. The van der Waals surface area contributed by atoms with Gasteiger partial charge >= 0.3 is 0 Å². The van der Waals surface area contributed by atoms with Gasteiger partial charge in [-0.25, -0.2) is 8.42 Å². The molecule has 2 aromatic carbocycles. The lowest BCUT2D eigenvalue weighted by Crippen LogP contribution is -1.98. The van der Waals surface area contributed by atoms with Gasteiger partial charge in [0, 0.05) is 11.8 Å². The minimum absolute atomic E-state index is 0.244. The Labute approximate surface area is 118 Å². The van der Waals surface area contributed by atoms with E-state index in [9.17, 15) is 13.5 Å². The van der Waals surface area contributed by atoms with Crippen LogP contribution in [0, 0.1) is 0 Å².